The van der Waals surface area contributed by atoms with Crippen molar-refractivity contribution < 1.29 is 5.11 Å². The molecule has 1 fully saturated rings. The Hall–Kier alpha value is -0.770. The van der Waals surface area contributed by atoms with Gasteiger partial charge in [0.25, 0.3) is 0 Å². The lowest BCUT2D eigenvalue weighted by Gasteiger charge is -2.29. The van der Waals surface area contributed by atoms with Gasteiger partial charge in [-0.3, -0.25) is 0 Å². The number of benzene rings is 1. The Morgan fingerprint density at radius 2 is 2.11 bits per heavy atom. The smallest absolute Gasteiger partial charge is 0.121 e. The predicted octanol–water partition coefficient (Wildman–Crippen LogP) is 2.48. The number of aromatic hydroxyl groups is 1. The van der Waals surface area contributed by atoms with E-state index in [2.05, 4.69) is 17.3 Å². The second kappa shape index (κ2) is 6.41. The third kappa shape index (κ3) is 3.61. The minimum Gasteiger partial charge on any atom is -0.508 e. The fraction of sp³-hybridized carbons (Fsp3) is 0.571. The molecule has 0 aliphatic carbocycles. The Labute approximate surface area is 114 Å². The van der Waals surface area contributed by atoms with Gasteiger partial charge in [-0.15, -0.1) is 0 Å². The van der Waals surface area contributed by atoms with E-state index in [0.717, 1.165) is 18.0 Å². The molecule has 0 amide bonds. The highest BCUT2D eigenvalue weighted by Crippen LogP contribution is 2.25. The van der Waals surface area contributed by atoms with E-state index >= 15 is 0 Å². The SMILES string of the molecule is CN1CCC(CNCc2c(O)cccc2Cl)CC1. The average molecular weight is 269 g/mol. The molecule has 1 aromatic carbocycles. The van der Waals surface area contributed by atoms with Crippen molar-refractivity contribution in [2.75, 3.05) is 26.7 Å². The summed E-state index contributed by atoms with van der Waals surface area (Å²) in [5.41, 5.74) is 0.798. The highest BCUT2D eigenvalue weighted by atomic mass is 35.5. The minimum atomic E-state index is 0.276. The highest BCUT2D eigenvalue weighted by molar-refractivity contribution is 6.31. The molecule has 2 N–H and O–H groups in total. The van der Waals surface area contributed by atoms with Gasteiger partial charge < -0.3 is 15.3 Å². The van der Waals surface area contributed by atoms with Crippen molar-refractivity contribution in [3.8, 4) is 5.75 Å². The van der Waals surface area contributed by atoms with E-state index in [9.17, 15) is 5.11 Å². The molecule has 0 atom stereocenters. The lowest BCUT2D eigenvalue weighted by molar-refractivity contribution is 0.216. The van der Waals surface area contributed by atoms with Crippen molar-refractivity contribution in [2.24, 2.45) is 5.92 Å². The van der Waals surface area contributed by atoms with Crippen LogP contribution in [-0.2, 0) is 6.54 Å². The Bertz CT molecular complexity index is 369. The van der Waals surface area contributed by atoms with Crippen LogP contribution in [0.15, 0.2) is 18.2 Å². The first-order valence-corrected chi connectivity index (χ1v) is 6.90. The number of phenols is 1. The Kier molecular flexibility index (Phi) is 4.87. The molecule has 18 heavy (non-hydrogen) atoms. The van der Waals surface area contributed by atoms with Crippen LogP contribution in [0.3, 0.4) is 0 Å². The number of nitrogens with one attached hydrogen (secondary N) is 1. The summed E-state index contributed by atoms with van der Waals surface area (Å²) in [5.74, 6) is 1.02. The van der Waals surface area contributed by atoms with E-state index < -0.39 is 0 Å². The normalized spacial score (nSPS) is 18.1. The maximum atomic E-state index is 9.73. The first-order valence-electron chi connectivity index (χ1n) is 6.52. The molecule has 1 aromatic rings. The van der Waals surface area contributed by atoms with Crippen molar-refractivity contribution in [1.82, 2.24) is 10.2 Å². The molecule has 3 nitrogen and oxygen atoms in total. The summed E-state index contributed by atoms with van der Waals surface area (Å²) < 4.78 is 0. The molecule has 1 saturated heterocycles. The monoisotopic (exact) mass is 268 g/mol. The second-order valence-electron chi connectivity index (χ2n) is 5.12. The Morgan fingerprint density at radius 3 is 2.78 bits per heavy atom. The summed E-state index contributed by atoms with van der Waals surface area (Å²) >= 11 is 6.06. The van der Waals surface area contributed by atoms with Crippen LogP contribution in [0.25, 0.3) is 0 Å². The minimum absolute atomic E-state index is 0.276. The van der Waals surface area contributed by atoms with Gasteiger partial charge >= 0.3 is 0 Å². The van der Waals surface area contributed by atoms with Gasteiger partial charge in [-0.1, -0.05) is 17.7 Å². The second-order valence-corrected chi connectivity index (χ2v) is 5.52. The zero-order chi connectivity index (χ0) is 13.0. The van der Waals surface area contributed by atoms with E-state index in [1.807, 2.05) is 6.07 Å². The maximum absolute atomic E-state index is 9.73. The summed E-state index contributed by atoms with van der Waals surface area (Å²) in [6, 6.07) is 5.25. The van der Waals surface area contributed by atoms with Gasteiger partial charge in [-0.25, -0.2) is 0 Å². The predicted molar refractivity (Wildman–Crippen MR) is 75.0 cm³/mol. The third-order valence-corrected chi connectivity index (χ3v) is 4.02. The molecular weight excluding hydrogens is 248 g/mol. The molecule has 4 heteroatoms. The van der Waals surface area contributed by atoms with Crippen LogP contribution in [0.5, 0.6) is 5.75 Å². The number of hydrogen-bond acceptors (Lipinski definition) is 3. The average Bonchev–Trinajstić information content (AvgIpc) is 2.35. The van der Waals surface area contributed by atoms with Crippen molar-refractivity contribution in [3.63, 3.8) is 0 Å². The molecule has 1 aliphatic rings. The van der Waals surface area contributed by atoms with Crippen LogP contribution in [0.2, 0.25) is 5.02 Å². The summed E-state index contributed by atoms with van der Waals surface area (Å²) in [7, 11) is 2.17. The fourth-order valence-corrected chi connectivity index (χ4v) is 2.63. The molecular formula is C14H21ClN2O. The number of phenolic OH excluding ortho intramolecular Hbond substituents is 1. The topological polar surface area (TPSA) is 35.5 Å². The van der Waals surface area contributed by atoms with Crippen LogP contribution >= 0.6 is 11.6 Å². The summed E-state index contributed by atoms with van der Waals surface area (Å²) in [6.07, 6.45) is 2.50. The van der Waals surface area contributed by atoms with Crippen LogP contribution in [-0.4, -0.2) is 36.7 Å². The molecule has 0 saturated carbocycles. The van der Waals surface area contributed by atoms with E-state index in [1.165, 1.54) is 25.9 Å². The van der Waals surface area contributed by atoms with Gasteiger partial charge in [0.2, 0.25) is 0 Å². The largest absolute Gasteiger partial charge is 0.508 e. The standard InChI is InChI=1S/C14H21ClN2O/c1-17-7-5-11(6-8-17)9-16-10-12-13(15)3-2-4-14(12)18/h2-4,11,16,18H,5-10H2,1H3. The number of piperidine rings is 1. The van der Waals surface area contributed by atoms with E-state index in [4.69, 9.17) is 11.6 Å². The quantitative estimate of drug-likeness (QED) is 0.881. The molecule has 1 heterocycles. The van der Waals surface area contributed by atoms with Crippen LogP contribution in [0, 0.1) is 5.92 Å². The van der Waals surface area contributed by atoms with Gasteiger partial charge in [0.05, 0.1) is 0 Å². The molecule has 0 unspecified atom stereocenters. The molecule has 0 aromatic heterocycles. The summed E-state index contributed by atoms with van der Waals surface area (Å²) in [5, 5.41) is 13.8. The maximum Gasteiger partial charge on any atom is 0.121 e. The first-order chi connectivity index (χ1) is 8.66. The lowest BCUT2D eigenvalue weighted by Crippen LogP contribution is -2.34. The summed E-state index contributed by atoms with van der Waals surface area (Å²) in [6.45, 7) is 4.00. The molecule has 0 bridgehead atoms. The lowest BCUT2D eigenvalue weighted by atomic mass is 9.97. The molecule has 2 rings (SSSR count). The van der Waals surface area contributed by atoms with Gasteiger partial charge in [-0.2, -0.15) is 0 Å². The molecule has 100 valence electrons. The third-order valence-electron chi connectivity index (χ3n) is 3.67. The van der Waals surface area contributed by atoms with Crippen molar-refractivity contribution in [3.05, 3.63) is 28.8 Å². The Morgan fingerprint density at radius 1 is 1.39 bits per heavy atom. The van der Waals surface area contributed by atoms with Gasteiger partial charge in [0.15, 0.2) is 0 Å². The zero-order valence-corrected chi connectivity index (χ0v) is 11.6. The number of rotatable bonds is 4. The number of hydrogen-bond donors (Lipinski definition) is 2. The molecule has 1 aliphatic heterocycles. The van der Waals surface area contributed by atoms with Crippen LogP contribution in [0.4, 0.5) is 0 Å². The van der Waals surface area contributed by atoms with E-state index in [-0.39, 0.29) is 5.75 Å². The number of nitrogens with zero attached hydrogens (tertiary/aromatic N) is 1. The van der Waals surface area contributed by atoms with Crippen LogP contribution < -0.4 is 5.32 Å². The fourth-order valence-electron chi connectivity index (χ4n) is 2.39. The van der Waals surface area contributed by atoms with Crippen molar-refractivity contribution in [2.45, 2.75) is 19.4 Å². The van der Waals surface area contributed by atoms with Crippen molar-refractivity contribution in [1.29, 1.82) is 0 Å². The van der Waals surface area contributed by atoms with Crippen molar-refractivity contribution >= 4 is 11.6 Å². The molecule has 0 spiro atoms. The van der Waals surface area contributed by atoms with Crippen LogP contribution in [0.1, 0.15) is 18.4 Å². The number of likely N-dealkylation sites (tertiary alicyclic amines) is 1. The van der Waals surface area contributed by atoms with Gasteiger partial charge in [-0.05, 0) is 57.6 Å². The van der Waals surface area contributed by atoms with E-state index in [1.54, 1.807) is 12.1 Å². The first kappa shape index (κ1) is 13.7. The highest BCUT2D eigenvalue weighted by Gasteiger charge is 2.16. The Balaban J connectivity index is 1.78. The molecule has 0 radical (unpaired) electrons. The number of halogens is 1. The zero-order valence-electron chi connectivity index (χ0n) is 10.8. The summed E-state index contributed by atoms with van der Waals surface area (Å²) in [4.78, 5) is 2.37. The van der Waals surface area contributed by atoms with Gasteiger partial charge in [0.1, 0.15) is 5.75 Å². The van der Waals surface area contributed by atoms with Gasteiger partial charge in [0, 0.05) is 17.1 Å². The van der Waals surface area contributed by atoms with E-state index in [0.29, 0.717) is 11.6 Å².